The molecule has 1 aliphatic carbocycles. The van der Waals surface area contributed by atoms with E-state index in [4.69, 9.17) is 0 Å². The summed E-state index contributed by atoms with van der Waals surface area (Å²) in [6.45, 7) is 7.17. The van der Waals surface area contributed by atoms with Gasteiger partial charge >= 0.3 is 0 Å². The van der Waals surface area contributed by atoms with Crippen molar-refractivity contribution in [1.82, 2.24) is 10.2 Å². The van der Waals surface area contributed by atoms with Crippen LogP contribution in [-0.2, 0) is 0 Å². The second kappa shape index (κ2) is 7.26. The van der Waals surface area contributed by atoms with E-state index < -0.39 is 0 Å². The first-order valence-electron chi connectivity index (χ1n) is 8.47. The summed E-state index contributed by atoms with van der Waals surface area (Å²) in [6.07, 6.45) is 5.64. The van der Waals surface area contributed by atoms with Gasteiger partial charge in [0.1, 0.15) is 0 Å². The molecule has 1 N–H and O–H groups in total. The Labute approximate surface area is 137 Å². The Morgan fingerprint density at radius 1 is 1.19 bits per heavy atom. The highest BCUT2D eigenvalue weighted by Gasteiger charge is 2.35. The van der Waals surface area contributed by atoms with E-state index in [2.05, 4.69) is 57.3 Å². The molecule has 1 aromatic rings. The Balaban J connectivity index is 1.54. The first-order valence-corrected chi connectivity index (χ1v) is 9.26. The van der Waals surface area contributed by atoms with Gasteiger partial charge < -0.3 is 10.2 Å². The molecule has 21 heavy (non-hydrogen) atoms. The number of nitrogens with zero attached hydrogens (tertiary/aromatic N) is 1. The molecule has 1 aliphatic heterocycles. The van der Waals surface area contributed by atoms with E-state index in [-0.39, 0.29) is 0 Å². The fourth-order valence-electron chi connectivity index (χ4n) is 4.15. The maximum Gasteiger partial charge on any atom is 0.0332 e. The molecule has 0 radical (unpaired) electrons. The van der Waals surface area contributed by atoms with Crippen LogP contribution in [0.5, 0.6) is 0 Å². The fourth-order valence-corrected chi connectivity index (χ4v) is 4.42. The highest BCUT2D eigenvalue weighted by Crippen LogP contribution is 2.37. The number of rotatable bonds is 6. The smallest absolute Gasteiger partial charge is 0.0332 e. The van der Waals surface area contributed by atoms with Crippen LogP contribution < -0.4 is 5.32 Å². The van der Waals surface area contributed by atoms with Gasteiger partial charge in [0.05, 0.1) is 0 Å². The molecule has 0 aromatic heterocycles. The molecule has 3 heteroatoms. The van der Waals surface area contributed by atoms with Crippen LogP contribution in [0.1, 0.15) is 44.2 Å². The lowest BCUT2D eigenvalue weighted by atomic mass is 10.0. The van der Waals surface area contributed by atoms with E-state index in [1.165, 1.54) is 50.9 Å². The van der Waals surface area contributed by atoms with Crippen LogP contribution in [0.15, 0.2) is 28.7 Å². The minimum Gasteiger partial charge on any atom is -0.310 e. The van der Waals surface area contributed by atoms with Crippen LogP contribution in [0.25, 0.3) is 0 Å². The molecular formula is C18H27BrN2. The van der Waals surface area contributed by atoms with E-state index in [9.17, 15) is 0 Å². The molecular weight excluding hydrogens is 324 g/mol. The van der Waals surface area contributed by atoms with Crippen molar-refractivity contribution in [3.63, 3.8) is 0 Å². The number of nitrogens with one attached hydrogen (secondary N) is 1. The highest BCUT2D eigenvalue weighted by atomic mass is 79.9. The molecule has 2 aliphatic rings. The summed E-state index contributed by atoms with van der Waals surface area (Å²) in [5.74, 6) is 2.02. The summed E-state index contributed by atoms with van der Waals surface area (Å²) >= 11 is 3.53. The van der Waals surface area contributed by atoms with Crippen molar-refractivity contribution in [2.45, 2.75) is 38.6 Å². The Bertz CT molecular complexity index is 433. The lowest BCUT2D eigenvalue weighted by Crippen LogP contribution is -2.28. The number of likely N-dealkylation sites (tertiary alicyclic amines) is 1. The second-order valence-electron chi connectivity index (χ2n) is 6.66. The molecule has 3 unspecified atom stereocenters. The van der Waals surface area contributed by atoms with Crippen molar-refractivity contribution in [2.24, 2.45) is 11.8 Å². The average Bonchev–Trinajstić information content (AvgIpc) is 3.05. The Kier molecular flexibility index (Phi) is 5.36. The summed E-state index contributed by atoms with van der Waals surface area (Å²) in [7, 11) is 0. The summed E-state index contributed by atoms with van der Waals surface area (Å²) in [5, 5.41) is 3.65. The summed E-state index contributed by atoms with van der Waals surface area (Å²) in [5.41, 5.74) is 1.42. The van der Waals surface area contributed by atoms with Crippen LogP contribution in [0.3, 0.4) is 0 Å². The Morgan fingerprint density at radius 2 is 1.86 bits per heavy atom. The van der Waals surface area contributed by atoms with Gasteiger partial charge in [-0.05, 0) is 61.9 Å². The molecule has 1 aromatic carbocycles. The van der Waals surface area contributed by atoms with Crippen LogP contribution in [0, 0.1) is 11.8 Å². The van der Waals surface area contributed by atoms with Crippen LogP contribution in [0.2, 0.25) is 0 Å². The van der Waals surface area contributed by atoms with Gasteiger partial charge in [-0.1, -0.05) is 41.4 Å². The van der Waals surface area contributed by atoms with Gasteiger partial charge in [-0.3, -0.25) is 0 Å². The second-order valence-corrected chi connectivity index (χ2v) is 7.58. The maximum absolute atomic E-state index is 3.65. The van der Waals surface area contributed by atoms with E-state index in [0.717, 1.165) is 22.9 Å². The molecule has 1 saturated carbocycles. The molecule has 0 bridgehead atoms. The van der Waals surface area contributed by atoms with E-state index in [1.54, 1.807) is 0 Å². The minimum atomic E-state index is 0.489. The Hall–Kier alpha value is -0.380. The zero-order valence-electron chi connectivity index (χ0n) is 13.0. The summed E-state index contributed by atoms with van der Waals surface area (Å²) < 4.78 is 1.16. The highest BCUT2D eigenvalue weighted by molar-refractivity contribution is 9.10. The number of benzene rings is 1. The average molecular weight is 351 g/mol. The predicted octanol–water partition coefficient (Wildman–Crippen LogP) is 4.22. The SMILES string of the molecule is CCNC(CCN1CC2CCCC2C1)c1ccc(Br)cc1. The molecule has 3 rings (SSSR count). The molecule has 3 atom stereocenters. The van der Waals surface area contributed by atoms with E-state index in [1.807, 2.05) is 0 Å². The van der Waals surface area contributed by atoms with Crippen molar-refractivity contribution in [2.75, 3.05) is 26.2 Å². The van der Waals surface area contributed by atoms with Crippen LogP contribution >= 0.6 is 15.9 Å². The van der Waals surface area contributed by atoms with Crippen molar-refractivity contribution >= 4 is 15.9 Å². The first kappa shape index (κ1) is 15.5. The minimum absolute atomic E-state index is 0.489. The van der Waals surface area contributed by atoms with Gasteiger partial charge in [-0.2, -0.15) is 0 Å². The predicted molar refractivity (Wildman–Crippen MR) is 92.4 cm³/mol. The molecule has 0 spiro atoms. The van der Waals surface area contributed by atoms with Gasteiger partial charge in [0, 0.05) is 23.6 Å². The van der Waals surface area contributed by atoms with Crippen LogP contribution in [0.4, 0.5) is 0 Å². The fraction of sp³-hybridized carbons (Fsp3) is 0.667. The largest absolute Gasteiger partial charge is 0.310 e. The molecule has 1 saturated heterocycles. The normalized spacial score (nSPS) is 27.0. The van der Waals surface area contributed by atoms with Gasteiger partial charge in [0.15, 0.2) is 0 Å². The van der Waals surface area contributed by atoms with Gasteiger partial charge in [0.2, 0.25) is 0 Å². The van der Waals surface area contributed by atoms with Gasteiger partial charge in [0.25, 0.3) is 0 Å². The van der Waals surface area contributed by atoms with E-state index in [0.29, 0.717) is 6.04 Å². The van der Waals surface area contributed by atoms with Gasteiger partial charge in [-0.25, -0.2) is 0 Å². The van der Waals surface area contributed by atoms with Crippen molar-refractivity contribution in [1.29, 1.82) is 0 Å². The summed E-state index contributed by atoms with van der Waals surface area (Å²) in [6, 6.07) is 9.29. The number of halogens is 1. The zero-order valence-corrected chi connectivity index (χ0v) is 14.6. The standard InChI is InChI=1S/C18H27BrN2/c1-2-20-18(14-6-8-17(19)9-7-14)10-11-21-12-15-4-3-5-16(15)13-21/h6-9,15-16,18,20H,2-5,10-13H2,1H3. The van der Waals surface area contributed by atoms with Gasteiger partial charge in [-0.15, -0.1) is 0 Å². The topological polar surface area (TPSA) is 15.3 Å². The monoisotopic (exact) mass is 350 g/mol. The number of hydrogen-bond donors (Lipinski definition) is 1. The van der Waals surface area contributed by atoms with Crippen molar-refractivity contribution in [3.05, 3.63) is 34.3 Å². The zero-order chi connectivity index (χ0) is 14.7. The first-order chi connectivity index (χ1) is 10.3. The third-order valence-electron chi connectivity index (χ3n) is 5.26. The van der Waals surface area contributed by atoms with E-state index >= 15 is 0 Å². The molecule has 116 valence electrons. The number of fused-ring (bicyclic) bond motifs is 1. The lowest BCUT2D eigenvalue weighted by molar-refractivity contribution is 0.289. The number of hydrogen-bond acceptors (Lipinski definition) is 2. The molecule has 0 amide bonds. The lowest BCUT2D eigenvalue weighted by Gasteiger charge is -2.23. The summed E-state index contributed by atoms with van der Waals surface area (Å²) in [4.78, 5) is 2.71. The maximum atomic E-state index is 3.65. The molecule has 2 fully saturated rings. The van der Waals surface area contributed by atoms with Crippen molar-refractivity contribution < 1.29 is 0 Å². The van der Waals surface area contributed by atoms with Crippen molar-refractivity contribution in [3.8, 4) is 0 Å². The van der Waals surface area contributed by atoms with Crippen LogP contribution in [-0.4, -0.2) is 31.1 Å². The molecule has 1 heterocycles. The third kappa shape index (κ3) is 3.88. The molecule has 2 nitrogen and oxygen atoms in total. The quantitative estimate of drug-likeness (QED) is 0.825. The Morgan fingerprint density at radius 3 is 2.48 bits per heavy atom. The third-order valence-corrected chi connectivity index (χ3v) is 5.79.